The van der Waals surface area contributed by atoms with Crippen molar-refractivity contribution in [2.45, 2.75) is 13.8 Å². The zero-order valence-corrected chi connectivity index (χ0v) is 9.62. The normalized spacial score (nSPS) is 11.8. The quantitative estimate of drug-likeness (QED) is 0.349. The molecule has 2 aromatic heterocycles. The van der Waals surface area contributed by atoms with Gasteiger partial charge < -0.3 is 10.9 Å². The molecule has 0 aliphatic rings. The first kappa shape index (κ1) is 11.1. The summed E-state index contributed by atoms with van der Waals surface area (Å²) >= 11 is 0. The molecule has 0 radical (unpaired) electrons. The summed E-state index contributed by atoms with van der Waals surface area (Å²) in [6, 6.07) is 3.47. The predicted molar refractivity (Wildman–Crippen MR) is 63.3 cm³/mol. The molecule has 3 N–H and O–H groups in total. The summed E-state index contributed by atoms with van der Waals surface area (Å²) in [4.78, 5) is 8.44. The number of aryl methyl sites for hydroxylation is 1. The second-order valence-corrected chi connectivity index (χ2v) is 3.65. The standard InChI is InChI=1S/C11H13N5O/c1-7-8(2)16(6-14-7)11-9(10(12)15-17)4-3-5-13-11/h3-6,17H,1-2H3,(H2,12,15). The van der Waals surface area contributed by atoms with Gasteiger partial charge in [0.05, 0.1) is 11.3 Å². The molecule has 0 fully saturated rings. The maximum atomic E-state index is 8.74. The van der Waals surface area contributed by atoms with E-state index in [1.54, 1.807) is 24.7 Å². The molecule has 0 aliphatic carbocycles. The second-order valence-electron chi connectivity index (χ2n) is 3.65. The highest BCUT2D eigenvalue weighted by molar-refractivity contribution is 5.99. The number of nitrogens with two attached hydrogens (primary N) is 1. The van der Waals surface area contributed by atoms with Crippen LogP contribution in [0.4, 0.5) is 0 Å². The van der Waals surface area contributed by atoms with Crippen LogP contribution < -0.4 is 5.73 Å². The molecule has 0 atom stereocenters. The van der Waals surface area contributed by atoms with Gasteiger partial charge >= 0.3 is 0 Å². The fraction of sp³-hybridized carbons (Fsp3) is 0.182. The number of oxime groups is 1. The number of amidine groups is 1. The Morgan fingerprint density at radius 2 is 2.18 bits per heavy atom. The minimum absolute atomic E-state index is 0.0267. The van der Waals surface area contributed by atoms with Gasteiger partial charge in [-0.1, -0.05) is 5.16 Å². The molecule has 0 bridgehead atoms. The molecule has 2 rings (SSSR count). The van der Waals surface area contributed by atoms with Gasteiger partial charge in [0.1, 0.15) is 12.1 Å². The molecule has 0 unspecified atom stereocenters. The van der Waals surface area contributed by atoms with Crippen LogP contribution in [-0.2, 0) is 0 Å². The number of pyridine rings is 1. The number of rotatable bonds is 2. The van der Waals surface area contributed by atoms with Gasteiger partial charge in [0.2, 0.25) is 0 Å². The summed E-state index contributed by atoms with van der Waals surface area (Å²) in [6.07, 6.45) is 3.32. The van der Waals surface area contributed by atoms with Crippen LogP contribution >= 0.6 is 0 Å². The maximum Gasteiger partial charge on any atom is 0.173 e. The minimum Gasteiger partial charge on any atom is -0.409 e. The predicted octanol–water partition coefficient (Wildman–Crippen LogP) is 0.979. The van der Waals surface area contributed by atoms with Crippen LogP contribution in [0.1, 0.15) is 17.0 Å². The van der Waals surface area contributed by atoms with Gasteiger partial charge in [-0.25, -0.2) is 9.97 Å². The zero-order valence-electron chi connectivity index (χ0n) is 9.62. The summed E-state index contributed by atoms with van der Waals surface area (Å²) in [5.74, 6) is 0.625. The Morgan fingerprint density at radius 3 is 2.76 bits per heavy atom. The van der Waals surface area contributed by atoms with E-state index in [9.17, 15) is 0 Å². The van der Waals surface area contributed by atoms with Crippen molar-refractivity contribution in [3.63, 3.8) is 0 Å². The van der Waals surface area contributed by atoms with Crippen molar-refractivity contribution in [3.8, 4) is 5.82 Å². The third-order valence-electron chi connectivity index (χ3n) is 2.65. The third kappa shape index (κ3) is 1.84. The second kappa shape index (κ2) is 4.25. The Kier molecular flexibility index (Phi) is 2.78. The van der Waals surface area contributed by atoms with E-state index in [2.05, 4.69) is 15.1 Å². The first-order chi connectivity index (χ1) is 8.15. The number of aromatic nitrogens is 3. The van der Waals surface area contributed by atoms with E-state index in [0.717, 1.165) is 11.4 Å². The molecule has 0 aromatic carbocycles. The monoisotopic (exact) mass is 231 g/mol. The largest absolute Gasteiger partial charge is 0.409 e. The molecule has 0 spiro atoms. The van der Waals surface area contributed by atoms with Crippen LogP contribution in [0.2, 0.25) is 0 Å². The molecule has 6 nitrogen and oxygen atoms in total. The molecule has 0 amide bonds. The Bertz CT molecular complexity index is 573. The summed E-state index contributed by atoms with van der Waals surface area (Å²) in [5, 5.41) is 11.7. The van der Waals surface area contributed by atoms with Gasteiger partial charge in [-0.05, 0) is 26.0 Å². The first-order valence-corrected chi connectivity index (χ1v) is 5.09. The summed E-state index contributed by atoms with van der Waals surface area (Å²) in [6.45, 7) is 3.85. The minimum atomic E-state index is 0.0267. The van der Waals surface area contributed by atoms with Crippen LogP contribution in [0.5, 0.6) is 0 Å². The molecule has 2 heterocycles. The highest BCUT2D eigenvalue weighted by Crippen LogP contribution is 2.15. The highest BCUT2D eigenvalue weighted by atomic mass is 16.4. The maximum absolute atomic E-state index is 8.74. The number of hydrogen-bond donors (Lipinski definition) is 2. The van der Waals surface area contributed by atoms with E-state index in [0.29, 0.717) is 11.4 Å². The van der Waals surface area contributed by atoms with Gasteiger partial charge in [0, 0.05) is 11.9 Å². The van der Waals surface area contributed by atoms with E-state index in [1.165, 1.54) is 0 Å². The van der Waals surface area contributed by atoms with E-state index in [-0.39, 0.29) is 5.84 Å². The van der Waals surface area contributed by atoms with Crippen molar-refractivity contribution in [2.24, 2.45) is 10.9 Å². The lowest BCUT2D eigenvalue weighted by molar-refractivity contribution is 0.318. The van der Waals surface area contributed by atoms with Crippen molar-refractivity contribution >= 4 is 5.84 Å². The van der Waals surface area contributed by atoms with Gasteiger partial charge in [0.15, 0.2) is 5.84 Å². The number of nitrogens with zero attached hydrogens (tertiary/aromatic N) is 4. The molecule has 17 heavy (non-hydrogen) atoms. The Balaban J connectivity index is 2.64. The summed E-state index contributed by atoms with van der Waals surface area (Å²) in [5.41, 5.74) is 8.07. The molecule has 88 valence electrons. The van der Waals surface area contributed by atoms with Crippen LogP contribution in [0.25, 0.3) is 5.82 Å². The fourth-order valence-corrected chi connectivity index (χ4v) is 1.55. The lowest BCUT2D eigenvalue weighted by Crippen LogP contribution is -2.17. The highest BCUT2D eigenvalue weighted by Gasteiger charge is 2.12. The Labute approximate surface area is 98.4 Å². The molecule has 0 saturated carbocycles. The van der Waals surface area contributed by atoms with Gasteiger partial charge in [-0.2, -0.15) is 0 Å². The number of imidazole rings is 1. The first-order valence-electron chi connectivity index (χ1n) is 5.09. The van der Waals surface area contributed by atoms with Crippen molar-refractivity contribution in [1.29, 1.82) is 0 Å². The summed E-state index contributed by atoms with van der Waals surface area (Å²) in [7, 11) is 0. The van der Waals surface area contributed by atoms with Crippen LogP contribution in [0.3, 0.4) is 0 Å². The van der Waals surface area contributed by atoms with E-state index in [1.807, 2.05) is 18.4 Å². The Morgan fingerprint density at radius 1 is 1.41 bits per heavy atom. The molecule has 6 heteroatoms. The molecule has 0 saturated heterocycles. The van der Waals surface area contributed by atoms with E-state index < -0.39 is 0 Å². The fourth-order valence-electron chi connectivity index (χ4n) is 1.55. The Hall–Kier alpha value is -2.37. The topological polar surface area (TPSA) is 89.3 Å². The zero-order chi connectivity index (χ0) is 12.4. The van der Waals surface area contributed by atoms with Crippen molar-refractivity contribution in [2.75, 3.05) is 0 Å². The third-order valence-corrected chi connectivity index (χ3v) is 2.65. The molecule has 0 aliphatic heterocycles. The van der Waals surface area contributed by atoms with Gasteiger partial charge in [-0.15, -0.1) is 0 Å². The van der Waals surface area contributed by atoms with Crippen LogP contribution in [0, 0.1) is 13.8 Å². The smallest absolute Gasteiger partial charge is 0.173 e. The summed E-state index contributed by atoms with van der Waals surface area (Å²) < 4.78 is 1.81. The lowest BCUT2D eigenvalue weighted by Gasteiger charge is -2.09. The van der Waals surface area contributed by atoms with Crippen LogP contribution in [-0.4, -0.2) is 25.6 Å². The van der Waals surface area contributed by atoms with E-state index in [4.69, 9.17) is 10.9 Å². The van der Waals surface area contributed by atoms with Crippen LogP contribution in [0.15, 0.2) is 29.8 Å². The molecular formula is C11H13N5O. The SMILES string of the molecule is Cc1ncn(-c2ncccc2C(N)=NO)c1C. The average molecular weight is 231 g/mol. The molecule has 2 aromatic rings. The average Bonchev–Trinajstić information content (AvgIpc) is 2.69. The lowest BCUT2D eigenvalue weighted by atomic mass is 10.2. The van der Waals surface area contributed by atoms with Crippen molar-refractivity contribution in [1.82, 2.24) is 14.5 Å². The van der Waals surface area contributed by atoms with Crippen molar-refractivity contribution in [3.05, 3.63) is 41.6 Å². The van der Waals surface area contributed by atoms with Gasteiger partial charge in [-0.3, -0.25) is 4.57 Å². The van der Waals surface area contributed by atoms with E-state index >= 15 is 0 Å². The molecular weight excluding hydrogens is 218 g/mol. The number of hydrogen-bond acceptors (Lipinski definition) is 4. The van der Waals surface area contributed by atoms with Gasteiger partial charge in [0.25, 0.3) is 0 Å². The van der Waals surface area contributed by atoms with Crippen molar-refractivity contribution < 1.29 is 5.21 Å².